The van der Waals surface area contributed by atoms with Gasteiger partial charge < -0.3 is 15.5 Å². The molecule has 0 fully saturated rings. The van der Waals surface area contributed by atoms with E-state index in [1.165, 1.54) is 43.7 Å². The molecular weight excluding hydrogens is 413 g/mol. The maximum Gasteiger partial charge on any atom is 0.251 e. The number of hydrogen-bond acceptors (Lipinski definition) is 4. The van der Waals surface area contributed by atoms with Crippen LogP contribution in [0, 0.1) is 5.82 Å². The summed E-state index contributed by atoms with van der Waals surface area (Å²) >= 11 is 1.40. The lowest BCUT2D eigenvalue weighted by atomic mass is 10.2. The Morgan fingerprint density at radius 1 is 1.03 bits per heavy atom. The van der Waals surface area contributed by atoms with Crippen LogP contribution in [0.15, 0.2) is 52.3 Å². The standard InChI is InChI=1S/C24H32FN3O2S/c1-4-6-15-28(5-2)16-7-14-26-24(30)19-8-13-23(22(17-19)27-18(3)29)31-21-11-9-20(25)10-12-21/h8-13,17H,4-7,14-16H2,1-3H3,(H,26,30)(H,27,29). The van der Waals surface area contributed by atoms with Gasteiger partial charge in [-0.25, -0.2) is 4.39 Å². The highest BCUT2D eigenvalue weighted by Gasteiger charge is 2.12. The third-order valence-electron chi connectivity index (χ3n) is 4.81. The molecule has 0 unspecified atom stereocenters. The summed E-state index contributed by atoms with van der Waals surface area (Å²) in [7, 11) is 0. The first-order chi connectivity index (χ1) is 14.9. The summed E-state index contributed by atoms with van der Waals surface area (Å²) in [6.45, 7) is 9.44. The van der Waals surface area contributed by atoms with Gasteiger partial charge in [0.1, 0.15) is 5.82 Å². The zero-order valence-electron chi connectivity index (χ0n) is 18.5. The summed E-state index contributed by atoms with van der Waals surface area (Å²) in [4.78, 5) is 28.3. The van der Waals surface area contributed by atoms with Gasteiger partial charge in [-0.2, -0.15) is 0 Å². The van der Waals surface area contributed by atoms with Crippen molar-refractivity contribution in [2.45, 2.75) is 49.8 Å². The number of halogens is 1. The molecule has 5 nitrogen and oxygen atoms in total. The molecule has 0 aromatic heterocycles. The van der Waals surface area contributed by atoms with Gasteiger partial charge in [0.2, 0.25) is 5.91 Å². The van der Waals surface area contributed by atoms with Crippen LogP contribution in [0.25, 0.3) is 0 Å². The fraction of sp³-hybridized carbons (Fsp3) is 0.417. The molecule has 0 aliphatic heterocycles. The Hall–Kier alpha value is -2.38. The molecule has 2 N–H and O–H groups in total. The van der Waals surface area contributed by atoms with Gasteiger partial charge >= 0.3 is 0 Å². The molecule has 0 saturated carbocycles. The quantitative estimate of drug-likeness (QED) is 0.442. The lowest BCUT2D eigenvalue weighted by Crippen LogP contribution is -2.30. The number of nitrogens with one attached hydrogen (secondary N) is 2. The van der Waals surface area contributed by atoms with Gasteiger partial charge in [0, 0.05) is 28.8 Å². The number of hydrogen-bond donors (Lipinski definition) is 2. The van der Waals surface area contributed by atoms with Crippen LogP contribution >= 0.6 is 11.8 Å². The first-order valence-corrected chi connectivity index (χ1v) is 11.6. The van der Waals surface area contributed by atoms with Crippen LogP contribution in [-0.4, -0.2) is 42.9 Å². The average Bonchev–Trinajstić information content (AvgIpc) is 2.75. The Kier molecular flexibility index (Phi) is 10.5. The van der Waals surface area contributed by atoms with Crippen molar-refractivity contribution in [2.75, 3.05) is 31.5 Å². The van der Waals surface area contributed by atoms with Crippen LogP contribution in [0.5, 0.6) is 0 Å². The number of unbranched alkanes of at least 4 members (excludes halogenated alkanes) is 1. The van der Waals surface area contributed by atoms with Gasteiger partial charge in [0.05, 0.1) is 5.69 Å². The van der Waals surface area contributed by atoms with Gasteiger partial charge in [-0.3, -0.25) is 9.59 Å². The first-order valence-electron chi connectivity index (χ1n) is 10.8. The SMILES string of the molecule is CCCCN(CC)CCCNC(=O)c1ccc(Sc2ccc(F)cc2)c(NC(C)=O)c1. The zero-order valence-corrected chi connectivity index (χ0v) is 19.4. The van der Waals surface area contributed by atoms with Gasteiger partial charge in [0.25, 0.3) is 5.91 Å². The number of amides is 2. The topological polar surface area (TPSA) is 61.4 Å². The Morgan fingerprint density at radius 2 is 1.74 bits per heavy atom. The Bertz CT molecular complexity index is 858. The highest BCUT2D eigenvalue weighted by molar-refractivity contribution is 7.99. The molecular formula is C24H32FN3O2S. The minimum atomic E-state index is -0.300. The van der Waals surface area contributed by atoms with Crippen LogP contribution in [0.2, 0.25) is 0 Å². The van der Waals surface area contributed by atoms with Gasteiger partial charge in [-0.15, -0.1) is 0 Å². The van der Waals surface area contributed by atoms with E-state index >= 15 is 0 Å². The number of nitrogens with zero attached hydrogens (tertiary/aromatic N) is 1. The first kappa shape index (κ1) is 24.9. The molecule has 0 aliphatic rings. The molecule has 0 bridgehead atoms. The minimum Gasteiger partial charge on any atom is -0.352 e. The molecule has 0 aliphatic carbocycles. The monoisotopic (exact) mass is 445 g/mol. The van der Waals surface area contributed by atoms with Crippen molar-refractivity contribution in [2.24, 2.45) is 0 Å². The van der Waals surface area contributed by atoms with E-state index < -0.39 is 0 Å². The fourth-order valence-electron chi connectivity index (χ4n) is 3.09. The Morgan fingerprint density at radius 3 is 2.39 bits per heavy atom. The molecule has 0 radical (unpaired) electrons. The number of anilines is 1. The molecule has 0 spiro atoms. The van der Waals surface area contributed by atoms with Crippen LogP contribution in [0.3, 0.4) is 0 Å². The molecule has 7 heteroatoms. The summed E-state index contributed by atoms with van der Waals surface area (Å²) < 4.78 is 13.2. The summed E-state index contributed by atoms with van der Waals surface area (Å²) in [5.74, 6) is -0.683. The second kappa shape index (κ2) is 13.1. The molecule has 0 saturated heterocycles. The van der Waals surface area contributed by atoms with Crippen molar-refractivity contribution in [1.29, 1.82) is 0 Å². The highest BCUT2D eigenvalue weighted by atomic mass is 32.2. The van der Waals surface area contributed by atoms with E-state index in [1.54, 1.807) is 30.3 Å². The van der Waals surface area contributed by atoms with E-state index in [2.05, 4.69) is 29.4 Å². The molecule has 2 aromatic rings. The number of carbonyl (C=O) groups excluding carboxylic acids is 2. The maximum atomic E-state index is 13.2. The number of carbonyl (C=O) groups is 2. The Balaban J connectivity index is 1.99. The number of benzene rings is 2. The predicted molar refractivity (Wildman–Crippen MR) is 125 cm³/mol. The summed E-state index contributed by atoms with van der Waals surface area (Å²) in [5, 5.41) is 5.75. The van der Waals surface area contributed by atoms with E-state index in [1.807, 2.05) is 0 Å². The third-order valence-corrected chi connectivity index (χ3v) is 5.89. The van der Waals surface area contributed by atoms with Gasteiger partial charge in [0.15, 0.2) is 0 Å². The lowest BCUT2D eigenvalue weighted by Gasteiger charge is -2.20. The average molecular weight is 446 g/mol. The molecule has 168 valence electrons. The van der Waals surface area contributed by atoms with E-state index in [9.17, 15) is 14.0 Å². The summed E-state index contributed by atoms with van der Waals surface area (Å²) in [6.07, 6.45) is 3.26. The summed E-state index contributed by atoms with van der Waals surface area (Å²) in [5.41, 5.74) is 1.05. The van der Waals surface area contributed by atoms with Crippen LogP contribution in [0.1, 0.15) is 50.4 Å². The van der Waals surface area contributed by atoms with Crippen molar-refractivity contribution in [1.82, 2.24) is 10.2 Å². The third kappa shape index (κ3) is 8.71. The fourth-order valence-corrected chi connectivity index (χ4v) is 3.98. The van der Waals surface area contributed by atoms with Crippen LogP contribution in [0.4, 0.5) is 10.1 Å². The van der Waals surface area contributed by atoms with Crippen LogP contribution in [-0.2, 0) is 4.79 Å². The zero-order chi connectivity index (χ0) is 22.6. The van der Waals surface area contributed by atoms with E-state index in [0.29, 0.717) is 17.8 Å². The van der Waals surface area contributed by atoms with E-state index in [0.717, 1.165) is 35.8 Å². The van der Waals surface area contributed by atoms with E-state index in [-0.39, 0.29) is 17.6 Å². The van der Waals surface area contributed by atoms with Gasteiger partial charge in [-0.05, 0) is 74.9 Å². The molecule has 2 aromatic carbocycles. The van der Waals surface area contributed by atoms with E-state index in [4.69, 9.17) is 0 Å². The molecule has 0 atom stereocenters. The maximum absolute atomic E-state index is 13.2. The van der Waals surface area contributed by atoms with Crippen molar-refractivity contribution >= 4 is 29.3 Å². The Labute approximate surface area is 188 Å². The predicted octanol–water partition coefficient (Wildman–Crippen LogP) is 5.18. The van der Waals surface area contributed by atoms with Crippen molar-refractivity contribution in [3.8, 4) is 0 Å². The summed E-state index contributed by atoms with van der Waals surface area (Å²) in [6, 6.07) is 11.4. The largest absolute Gasteiger partial charge is 0.352 e. The smallest absolute Gasteiger partial charge is 0.251 e. The second-order valence-corrected chi connectivity index (χ2v) is 8.46. The molecule has 0 heterocycles. The number of rotatable bonds is 12. The molecule has 31 heavy (non-hydrogen) atoms. The lowest BCUT2D eigenvalue weighted by molar-refractivity contribution is -0.114. The minimum absolute atomic E-state index is 0.165. The highest BCUT2D eigenvalue weighted by Crippen LogP contribution is 2.34. The van der Waals surface area contributed by atoms with Crippen molar-refractivity contribution < 1.29 is 14.0 Å². The van der Waals surface area contributed by atoms with Crippen LogP contribution < -0.4 is 10.6 Å². The normalized spacial score (nSPS) is 10.9. The second-order valence-electron chi connectivity index (χ2n) is 7.35. The van der Waals surface area contributed by atoms with Crippen molar-refractivity contribution in [3.63, 3.8) is 0 Å². The molecule has 2 rings (SSSR count). The molecule has 2 amide bonds. The van der Waals surface area contributed by atoms with Gasteiger partial charge in [-0.1, -0.05) is 32.0 Å². The van der Waals surface area contributed by atoms with Crippen molar-refractivity contribution in [3.05, 3.63) is 53.8 Å².